The first-order chi connectivity index (χ1) is 11.1. The molecule has 0 fully saturated rings. The summed E-state index contributed by atoms with van der Waals surface area (Å²) in [5.41, 5.74) is 0.236. The number of fused-ring (bicyclic) bond motifs is 1. The maximum absolute atomic E-state index is 12.3. The van der Waals surface area contributed by atoms with Crippen LogP contribution in [0.1, 0.15) is 27.2 Å². The molecule has 2 unspecified atom stereocenters. The largest absolute Gasteiger partial charge is 0.478 e. The molecule has 2 rings (SSSR count). The lowest BCUT2D eigenvalue weighted by Crippen LogP contribution is -2.44. The van der Waals surface area contributed by atoms with Crippen LogP contribution in [0.2, 0.25) is 13.1 Å². The number of non-ortho nitro benzene ring substituents is 1. The van der Waals surface area contributed by atoms with E-state index in [0.29, 0.717) is 17.9 Å². The van der Waals surface area contributed by atoms with Crippen LogP contribution in [0.25, 0.3) is 0 Å². The average molecular weight is 351 g/mol. The first-order valence-electron chi connectivity index (χ1n) is 7.80. The summed E-state index contributed by atoms with van der Waals surface area (Å²) in [4.78, 5) is 22.7. The molecule has 1 aliphatic heterocycles. The number of carbonyl (C=O) groups excluding carboxylic acids is 1. The number of nitro groups is 1. The minimum absolute atomic E-state index is 0.0696. The summed E-state index contributed by atoms with van der Waals surface area (Å²) in [6.45, 7) is 10.3. The molecule has 1 aromatic carbocycles. The topological polar surface area (TPSA) is 90.7 Å². The van der Waals surface area contributed by atoms with Crippen LogP contribution in [-0.2, 0) is 9.22 Å². The van der Waals surface area contributed by atoms with Gasteiger partial charge in [0.05, 0.1) is 22.8 Å². The quantitative estimate of drug-likeness (QED) is 0.499. The molecule has 1 N–H and O–H groups in total. The monoisotopic (exact) mass is 351 g/mol. The number of carbonyl (C=O) groups is 1. The van der Waals surface area contributed by atoms with Gasteiger partial charge in [0.15, 0.2) is 11.9 Å². The predicted molar refractivity (Wildman–Crippen MR) is 92.6 cm³/mol. The normalized spacial score (nSPS) is 18.6. The van der Waals surface area contributed by atoms with Crippen molar-refractivity contribution in [1.29, 1.82) is 0 Å². The van der Waals surface area contributed by atoms with Crippen LogP contribution in [0.4, 0.5) is 11.4 Å². The van der Waals surface area contributed by atoms with E-state index in [1.54, 1.807) is 0 Å². The van der Waals surface area contributed by atoms with Gasteiger partial charge in [0.1, 0.15) is 0 Å². The Labute approximate surface area is 143 Å². The van der Waals surface area contributed by atoms with Crippen molar-refractivity contribution >= 4 is 26.3 Å². The Morgan fingerprint density at radius 2 is 2.08 bits per heavy atom. The van der Waals surface area contributed by atoms with Gasteiger partial charge in [-0.1, -0.05) is 20.8 Å². The van der Waals surface area contributed by atoms with Crippen molar-refractivity contribution in [2.75, 3.05) is 5.32 Å². The summed E-state index contributed by atoms with van der Waals surface area (Å²) < 4.78 is 11.8. The second-order valence-electron chi connectivity index (χ2n) is 7.15. The van der Waals surface area contributed by atoms with Gasteiger partial charge in [-0.2, -0.15) is 0 Å². The maximum Gasteiger partial charge on any atom is 0.273 e. The molecule has 131 valence electrons. The van der Waals surface area contributed by atoms with Crippen LogP contribution < -0.4 is 10.1 Å². The van der Waals surface area contributed by atoms with E-state index >= 15 is 0 Å². The third-order valence-corrected chi connectivity index (χ3v) is 4.52. The number of rotatable bonds is 5. The fourth-order valence-electron chi connectivity index (χ4n) is 2.46. The van der Waals surface area contributed by atoms with E-state index in [9.17, 15) is 14.9 Å². The minimum atomic E-state index is -0.937. The molecule has 0 saturated heterocycles. The number of anilines is 1. The van der Waals surface area contributed by atoms with Crippen molar-refractivity contribution in [2.45, 2.75) is 52.5 Å². The first kappa shape index (κ1) is 18.4. The number of hydrogen-bond donors (Lipinski definition) is 1. The van der Waals surface area contributed by atoms with E-state index in [0.717, 1.165) is 0 Å². The highest BCUT2D eigenvalue weighted by atomic mass is 28.3. The second-order valence-corrected chi connectivity index (χ2v) is 9.20. The van der Waals surface area contributed by atoms with E-state index in [-0.39, 0.29) is 23.1 Å². The van der Waals surface area contributed by atoms with Gasteiger partial charge >= 0.3 is 0 Å². The highest BCUT2D eigenvalue weighted by molar-refractivity contribution is 6.48. The standard InChI is InChI=1S/C16H23N2O5Si/c1-16(2,3)14(23-24(4)5)9-13-15(19)17-11-7-6-10(18(20)21)8-12(11)22-13/h6-8,13-14H,9H2,1-5H3,(H,17,19). The highest BCUT2D eigenvalue weighted by Crippen LogP contribution is 2.35. The fourth-order valence-corrected chi connectivity index (χ4v) is 3.48. The lowest BCUT2D eigenvalue weighted by atomic mass is 9.85. The van der Waals surface area contributed by atoms with Crippen molar-refractivity contribution in [3.8, 4) is 5.75 Å². The predicted octanol–water partition coefficient (Wildman–Crippen LogP) is 3.37. The van der Waals surface area contributed by atoms with Crippen molar-refractivity contribution in [1.82, 2.24) is 0 Å². The van der Waals surface area contributed by atoms with Crippen molar-refractivity contribution in [3.05, 3.63) is 28.3 Å². The van der Waals surface area contributed by atoms with Crippen LogP contribution in [0.3, 0.4) is 0 Å². The van der Waals surface area contributed by atoms with Crippen molar-refractivity contribution in [2.24, 2.45) is 5.41 Å². The zero-order valence-corrected chi connectivity index (χ0v) is 15.6. The molecule has 0 spiro atoms. The van der Waals surface area contributed by atoms with E-state index in [1.165, 1.54) is 18.2 Å². The third kappa shape index (κ3) is 4.33. The summed E-state index contributed by atoms with van der Waals surface area (Å²) in [6, 6.07) is 4.16. The van der Waals surface area contributed by atoms with Gasteiger partial charge in [-0.05, 0) is 24.6 Å². The van der Waals surface area contributed by atoms with Crippen LogP contribution in [0.5, 0.6) is 5.75 Å². The van der Waals surface area contributed by atoms with Gasteiger partial charge in [0.2, 0.25) is 9.04 Å². The van der Waals surface area contributed by atoms with Crippen molar-refractivity contribution in [3.63, 3.8) is 0 Å². The average Bonchev–Trinajstić information content (AvgIpc) is 2.45. The Bertz CT molecular complexity index is 642. The molecule has 0 aromatic heterocycles. The Balaban J connectivity index is 2.21. The van der Waals surface area contributed by atoms with Gasteiger partial charge in [-0.3, -0.25) is 14.9 Å². The van der Waals surface area contributed by atoms with Gasteiger partial charge in [-0.25, -0.2) is 0 Å². The summed E-state index contributed by atoms with van der Waals surface area (Å²) in [5.74, 6) is 0.0650. The van der Waals surface area contributed by atoms with Crippen molar-refractivity contribution < 1.29 is 18.9 Å². The Morgan fingerprint density at radius 1 is 1.42 bits per heavy atom. The number of nitrogens with one attached hydrogen (secondary N) is 1. The second kappa shape index (κ2) is 6.90. The summed E-state index contributed by atoms with van der Waals surface area (Å²) in [5, 5.41) is 13.7. The molecule has 1 radical (unpaired) electrons. The fraction of sp³-hybridized carbons (Fsp3) is 0.562. The molecule has 2 atom stereocenters. The zero-order valence-electron chi connectivity index (χ0n) is 14.6. The molecule has 1 aliphatic rings. The molecule has 0 bridgehead atoms. The number of nitrogens with zero attached hydrogens (tertiary/aromatic N) is 1. The first-order valence-corrected chi connectivity index (χ1v) is 10.2. The van der Waals surface area contributed by atoms with Crippen LogP contribution in [0.15, 0.2) is 18.2 Å². The molecule has 0 aliphatic carbocycles. The van der Waals surface area contributed by atoms with Crippen LogP contribution in [-0.4, -0.2) is 32.1 Å². The van der Waals surface area contributed by atoms with Crippen LogP contribution >= 0.6 is 0 Å². The molecule has 7 nitrogen and oxygen atoms in total. The zero-order chi connectivity index (χ0) is 18.1. The Hall–Kier alpha value is -1.93. The molecule has 1 heterocycles. The molecule has 1 amide bonds. The third-order valence-electron chi connectivity index (χ3n) is 3.77. The summed E-state index contributed by atoms with van der Waals surface area (Å²) >= 11 is 0. The lowest BCUT2D eigenvalue weighted by Gasteiger charge is -2.36. The number of nitro benzene ring substituents is 1. The van der Waals surface area contributed by atoms with E-state index < -0.39 is 20.1 Å². The summed E-state index contributed by atoms with van der Waals surface area (Å²) in [6.07, 6.45) is -0.477. The van der Waals surface area contributed by atoms with Crippen LogP contribution in [0, 0.1) is 15.5 Å². The van der Waals surface area contributed by atoms with Gasteiger partial charge in [-0.15, -0.1) is 0 Å². The lowest BCUT2D eigenvalue weighted by molar-refractivity contribution is -0.384. The van der Waals surface area contributed by atoms with E-state index in [4.69, 9.17) is 9.16 Å². The van der Waals surface area contributed by atoms with Gasteiger partial charge < -0.3 is 14.5 Å². The number of ether oxygens (including phenoxy) is 1. The number of amides is 1. The molecule has 0 saturated carbocycles. The molecule has 8 heteroatoms. The van der Waals surface area contributed by atoms with E-state index in [2.05, 4.69) is 26.1 Å². The SMILES string of the molecule is C[Si](C)OC(CC1Oc2cc([N+](=O)[O-])ccc2NC1=O)C(C)(C)C. The van der Waals surface area contributed by atoms with Gasteiger partial charge in [0.25, 0.3) is 11.6 Å². The molecule has 1 aromatic rings. The molecule has 24 heavy (non-hydrogen) atoms. The molecular weight excluding hydrogens is 328 g/mol. The number of hydrogen-bond acceptors (Lipinski definition) is 5. The van der Waals surface area contributed by atoms with Gasteiger partial charge in [0, 0.05) is 12.5 Å². The molecular formula is C16H23N2O5Si. The highest BCUT2D eigenvalue weighted by Gasteiger charge is 2.36. The van der Waals surface area contributed by atoms with E-state index in [1.807, 2.05) is 13.1 Å². The smallest absolute Gasteiger partial charge is 0.273 e. The number of benzene rings is 1. The Kier molecular flexibility index (Phi) is 5.29. The Morgan fingerprint density at radius 3 is 2.62 bits per heavy atom. The summed E-state index contributed by atoms with van der Waals surface area (Å²) in [7, 11) is -0.937. The maximum atomic E-state index is 12.3. The minimum Gasteiger partial charge on any atom is -0.478 e.